The Hall–Kier alpha value is -0.950. The van der Waals surface area contributed by atoms with Crippen molar-refractivity contribution in [1.29, 1.82) is 0 Å². The van der Waals surface area contributed by atoms with Gasteiger partial charge >= 0.3 is 12.1 Å². The molecule has 0 unspecified atom stereocenters. The maximum atomic E-state index is 11.9. The average molecular weight is 363 g/mol. The van der Waals surface area contributed by atoms with E-state index in [1.807, 2.05) is 38.9 Å². The van der Waals surface area contributed by atoms with E-state index in [1.165, 1.54) is 0 Å². The molecule has 0 saturated heterocycles. The number of esters is 1. The molecule has 0 rings (SSSR count). The van der Waals surface area contributed by atoms with Gasteiger partial charge in [-0.3, -0.25) is 4.79 Å². The minimum Gasteiger partial charge on any atom is -0.464 e. The SMILES string of the molecule is CC(C)COC(=O)CN(CCNC(=O)OC(C)(C)C)SCC(C)C. The molecule has 0 saturated carbocycles. The van der Waals surface area contributed by atoms with Crippen LogP contribution in [0.1, 0.15) is 48.5 Å². The normalized spacial score (nSPS) is 11.9. The second-order valence-electron chi connectivity index (χ2n) is 7.56. The highest BCUT2D eigenvalue weighted by Crippen LogP contribution is 2.14. The van der Waals surface area contributed by atoms with Crippen LogP contribution >= 0.6 is 11.9 Å². The summed E-state index contributed by atoms with van der Waals surface area (Å²) in [6.45, 7) is 15.3. The molecule has 0 aliphatic carbocycles. The standard InChI is InChI=1S/C17H34N2O4S/c1-13(2)11-22-15(20)10-19(24-12-14(3)4)9-8-18-16(21)23-17(5,6)7/h13-14H,8-12H2,1-7H3,(H,18,21). The number of carbonyl (C=O) groups excluding carboxylic acids is 2. The first kappa shape index (κ1) is 23.1. The van der Waals surface area contributed by atoms with Crippen molar-refractivity contribution in [2.45, 2.75) is 54.1 Å². The molecule has 0 radical (unpaired) electrons. The number of hydrogen-bond acceptors (Lipinski definition) is 6. The van der Waals surface area contributed by atoms with Crippen LogP contribution in [-0.2, 0) is 14.3 Å². The van der Waals surface area contributed by atoms with Crippen molar-refractivity contribution in [3.05, 3.63) is 0 Å². The van der Waals surface area contributed by atoms with Crippen molar-refractivity contribution in [2.24, 2.45) is 11.8 Å². The van der Waals surface area contributed by atoms with E-state index in [2.05, 4.69) is 19.2 Å². The fraction of sp³-hybridized carbons (Fsp3) is 0.882. The molecule has 0 aliphatic rings. The van der Waals surface area contributed by atoms with Gasteiger partial charge in [-0.05, 0) is 32.6 Å². The van der Waals surface area contributed by atoms with Gasteiger partial charge in [-0.2, -0.15) is 0 Å². The Labute approximate surface area is 151 Å². The predicted molar refractivity (Wildman–Crippen MR) is 98.9 cm³/mol. The smallest absolute Gasteiger partial charge is 0.407 e. The first-order chi connectivity index (χ1) is 11.0. The molecule has 0 aromatic heterocycles. The van der Waals surface area contributed by atoms with Gasteiger partial charge in [0.05, 0.1) is 6.61 Å². The molecule has 1 N–H and O–H groups in total. The second kappa shape index (κ2) is 11.6. The van der Waals surface area contributed by atoms with Crippen molar-refractivity contribution >= 4 is 24.0 Å². The summed E-state index contributed by atoms with van der Waals surface area (Å²) in [6, 6.07) is 0. The van der Waals surface area contributed by atoms with Gasteiger partial charge in [0.25, 0.3) is 0 Å². The fourth-order valence-corrected chi connectivity index (χ4v) is 2.42. The van der Waals surface area contributed by atoms with Crippen molar-refractivity contribution in [3.63, 3.8) is 0 Å². The number of rotatable bonds is 10. The lowest BCUT2D eigenvalue weighted by molar-refractivity contribution is -0.144. The summed E-state index contributed by atoms with van der Waals surface area (Å²) in [5.74, 6) is 1.50. The first-order valence-electron chi connectivity index (χ1n) is 8.50. The average Bonchev–Trinajstić information content (AvgIpc) is 2.40. The Balaban J connectivity index is 4.30. The quantitative estimate of drug-likeness (QED) is 0.475. The van der Waals surface area contributed by atoms with Crippen LogP contribution in [0.5, 0.6) is 0 Å². The Bertz CT molecular complexity index is 381. The number of ether oxygens (including phenoxy) is 2. The lowest BCUT2D eigenvalue weighted by Gasteiger charge is -2.23. The monoisotopic (exact) mass is 362 g/mol. The first-order valence-corrected chi connectivity index (χ1v) is 9.44. The van der Waals surface area contributed by atoms with Crippen LogP contribution < -0.4 is 5.32 Å². The molecule has 0 aromatic carbocycles. The Kier molecular flexibility index (Phi) is 11.1. The number of nitrogens with zero attached hydrogens (tertiary/aromatic N) is 1. The van der Waals surface area contributed by atoms with E-state index in [1.54, 1.807) is 11.9 Å². The highest BCUT2D eigenvalue weighted by molar-refractivity contribution is 7.97. The number of hydrogen-bond donors (Lipinski definition) is 1. The second-order valence-corrected chi connectivity index (χ2v) is 8.67. The number of nitrogens with one attached hydrogen (secondary N) is 1. The molecule has 0 heterocycles. The summed E-state index contributed by atoms with van der Waals surface area (Å²) < 4.78 is 12.4. The third kappa shape index (κ3) is 14.6. The molecule has 0 aliphatic heterocycles. The number of alkyl carbamates (subject to hydrolysis) is 1. The Morgan fingerprint density at radius 2 is 1.75 bits per heavy atom. The third-order valence-electron chi connectivity index (χ3n) is 2.50. The minimum absolute atomic E-state index is 0.208. The summed E-state index contributed by atoms with van der Waals surface area (Å²) in [7, 11) is 0. The van der Waals surface area contributed by atoms with Gasteiger partial charge < -0.3 is 14.8 Å². The van der Waals surface area contributed by atoms with Crippen molar-refractivity contribution in [2.75, 3.05) is 32.0 Å². The molecule has 0 aromatic rings. The highest BCUT2D eigenvalue weighted by atomic mass is 32.2. The Morgan fingerprint density at radius 1 is 1.12 bits per heavy atom. The lowest BCUT2D eigenvalue weighted by atomic mass is 10.2. The maximum absolute atomic E-state index is 11.9. The summed E-state index contributed by atoms with van der Waals surface area (Å²) >= 11 is 1.60. The van der Waals surface area contributed by atoms with Gasteiger partial charge in [0.2, 0.25) is 0 Å². The maximum Gasteiger partial charge on any atom is 0.407 e. The summed E-state index contributed by atoms with van der Waals surface area (Å²) in [5, 5.41) is 2.71. The molecule has 0 fully saturated rings. The van der Waals surface area contributed by atoms with Crippen molar-refractivity contribution < 1.29 is 19.1 Å². The Morgan fingerprint density at radius 3 is 2.25 bits per heavy atom. The molecule has 1 amide bonds. The zero-order chi connectivity index (χ0) is 18.8. The van der Waals surface area contributed by atoms with Gasteiger partial charge in [-0.25, -0.2) is 9.10 Å². The summed E-state index contributed by atoms with van der Waals surface area (Å²) in [4.78, 5) is 23.6. The van der Waals surface area contributed by atoms with Crippen LogP contribution in [0.4, 0.5) is 4.79 Å². The van der Waals surface area contributed by atoms with Crippen LogP contribution in [0.25, 0.3) is 0 Å². The van der Waals surface area contributed by atoms with E-state index < -0.39 is 11.7 Å². The number of carbonyl (C=O) groups is 2. The van der Waals surface area contributed by atoms with Gasteiger partial charge in [-0.15, -0.1) is 0 Å². The van der Waals surface area contributed by atoms with Crippen molar-refractivity contribution in [3.8, 4) is 0 Å². The fourth-order valence-electron chi connectivity index (χ4n) is 1.49. The highest BCUT2D eigenvalue weighted by Gasteiger charge is 2.17. The van der Waals surface area contributed by atoms with Crippen molar-refractivity contribution in [1.82, 2.24) is 9.62 Å². The molecule has 0 atom stereocenters. The third-order valence-corrected chi connectivity index (χ3v) is 4.00. The van der Waals surface area contributed by atoms with E-state index in [-0.39, 0.29) is 12.5 Å². The van der Waals surface area contributed by atoms with Crippen LogP contribution in [0.3, 0.4) is 0 Å². The summed E-state index contributed by atoms with van der Waals surface area (Å²) in [6.07, 6.45) is -0.446. The van der Waals surface area contributed by atoms with Gasteiger partial charge in [0.15, 0.2) is 0 Å². The van der Waals surface area contributed by atoms with E-state index >= 15 is 0 Å². The van der Waals surface area contributed by atoms with E-state index in [4.69, 9.17) is 9.47 Å². The zero-order valence-corrected chi connectivity index (χ0v) is 17.0. The van der Waals surface area contributed by atoms with Gasteiger partial charge in [0.1, 0.15) is 12.1 Å². The molecule has 7 heteroatoms. The van der Waals surface area contributed by atoms with Crippen LogP contribution in [0, 0.1) is 11.8 Å². The lowest BCUT2D eigenvalue weighted by Crippen LogP contribution is -2.38. The van der Waals surface area contributed by atoms with Crippen LogP contribution in [0.2, 0.25) is 0 Å². The predicted octanol–water partition coefficient (Wildman–Crippen LogP) is 3.32. The van der Waals surface area contributed by atoms with E-state index in [0.29, 0.717) is 31.5 Å². The molecule has 0 spiro atoms. The molecular formula is C17H34N2O4S. The number of amides is 1. The molecular weight excluding hydrogens is 328 g/mol. The van der Waals surface area contributed by atoms with Crippen LogP contribution in [0.15, 0.2) is 0 Å². The largest absolute Gasteiger partial charge is 0.464 e. The topological polar surface area (TPSA) is 67.9 Å². The van der Waals surface area contributed by atoms with E-state index in [9.17, 15) is 9.59 Å². The summed E-state index contributed by atoms with van der Waals surface area (Å²) in [5.41, 5.74) is -0.517. The molecule has 142 valence electrons. The molecule has 6 nitrogen and oxygen atoms in total. The zero-order valence-electron chi connectivity index (χ0n) is 16.2. The molecule has 0 bridgehead atoms. The minimum atomic E-state index is -0.517. The van der Waals surface area contributed by atoms with E-state index in [0.717, 1.165) is 5.75 Å². The molecule has 24 heavy (non-hydrogen) atoms. The van der Waals surface area contributed by atoms with Gasteiger partial charge in [0, 0.05) is 18.8 Å². The van der Waals surface area contributed by atoms with Gasteiger partial charge in [-0.1, -0.05) is 39.6 Å². The van der Waals surface area contributed by atoms with Crippen LogP contribution in [-0.4, -0.2) is 54.0 Å².